The van der Waals surface area contributed by atoms with Gasteiger partial charge in [0.25, 0.3) is 0 Å². The van der Waals surface area contributed by atoms with Crippen molar-refractivity contribution in [2.45, 2.75) is 0 Å². The number of aromatic carboxylic acids is 1. The van der Waals surface area contributed by atoms with Crippen LogP contribution in [-0.2, 0) is 0 Å². The van der Waals surface area contributed by atoms with Gasteiger partial charge in [-0.3, -0.25) is 0 Å². The standard InChI is InChI=1S/C25H18N4O3/c30-25(31)18-8-6-17(7-9-18)22-16-26-29-15-14-23(28-24(22)29)27-19-10-12-21(13-11-19)32-20-4-2-1-3-5-20/h1-16H,(H,27,28)(H,30,31). The number of hydrogen-bond acceptors (Lipinski definition) is 5. The van der Waals surface area contributed by atoms with E-state index in [4.69, 9.17) is 14.8 Å². The van der Waals surface area contributed by atoms with Gasteiger partial charge in [0.2, 0.25) is 0 Å². The summed E-state index contributed by atoms with van der Waals surface area (Å²) in [5.74, 6) is 1.23. The summed E-state index contributed by atoms with van der Waals surface area (Å²) in [6.07, 6.45) is 3.55. The van der Waals surface area contributed by atoms with Gasteiger partial charge in [0, 0.05) is 17.4 Å². The molecule has 5 rings (SSSR count). The number of aromatic nitrogens is 3. The molecule has 0 saturated carbocycles. The van der Waals surface area contributed by atoms with Crippen LogP contribution in [0.25, 0.3) is 16.8 Å². The number of benzene rings is 3. The van der Waals surface area contributed by atoms with Gasteiger partial charge in [0.15, 0.2) is 5.65 Å². The fourth-order valence-corrected chi connectivity index (χ4v) is 3.31. The minimum absolute atomic E-state index is 0.236. The Morgan fingerprint density at radius 3 is 2.31 bits per heavy atom. The molecule has 0 aliphatic heterocycles. The lowest BCUT2D eigenvalue weighted by atomic mass is 10.1. The van der Waals surface area contributed by atoms with Crippen molar-refractivity contribution in [3.8, 4) is 22.6 Å². The van der Waals surface area contributed by atoms with E-state index in [1.54, 1.807) is 35.0 Å². The van der Waals surface area contributed by atoms with Crippen molar-refractivity contribution in [3.63, 3.8) is 0 Å². The van der Waals surface area contributed by atoms with Crippen molar-refractivity contribution in [1.29, 1.82) is 0 Å². The molecular formula is C25H18N4O3. The Morgan fingerprint density at radius 2 is 1.59 bits per heavy atom. The number of anilines is 2. The van der Waals surface area contributed by atoms with Crippen LogP contribution in [0.3, 0.4) is 0 Å². The minimum Gasteiger partial charge on any atom is -0.478 e. The smallest absolute Gasteiger partial charge is 0.335 e. The zero-order valence-corrected chi connectivity index (χ0v) is 16.8. The predicted octanol–water partition coefficient (Wildman–Crippen LogP) is 5.63. The highest BCUT2D eigenvalue weighted by Crippen LogP contribution is 2.27. The summed E-state index contributed by atoms with van der Waals surface area (Å²) >= 11 is 0. The lowest BCUT2D eigenvalue weighted by molar-refractivity contribution is 0.0697. The zero-order chi connectivity index (χ0) is 21.9. The fraction of sp³-hybridized carbons (Fsp3) is 0. The van der Waals surface area contributed by atoms with Gasteiger partial charge < -0.3 is 15.2 Å². The molecule has 2 heterocycles. The Hall–Kier alpha value is -4.65. The van der Waals surface area contributed by atoms with E-state index in [9.17, 15) is 4.79 Å². The average Bonchev–Trinajstić information content (AvgIpc) is 3.24. The van der Waals surface area contributed by atoms with E-state index in [1.807, 2.05) is 66.9 Å². The Morgan fingerprint density at radius 1 is 0.875 bits per heavy atom. The highest BCUT2D eigenvalue weighted by molar-refractivity contribution is 5.89. The molecule has 0 spiro atoms. The number of hydrogen-bond donors (Lipinski definition) is 2. The van der Waals surface area contributed by atoms with Crippen LogP contribution in [0.15, 0.2) is 97.3 Å². The predicted molar refractivity (Wildman–Crippen MR) is 122 cm³/mol. The fourth-order valence-electron chi connectivity index (χ4n) is 3.31. The largest absolute Gasteiger partial charge is 0.478 e. The van der Waals surface area contributed by atoms with Crippen molar-refractivity contribution < 1.29 is 14.6 Å². The van der Waals surface area contributed by atoms with Gasteiger partial charge in [0.05, 0.1) is 11.8 Å². The quantitative estimate of drug-likeness (QED) is 0.369. The molecule has 7 nitrogen and oxygen atoms in total. The monoisotopic (exact) mass is 422 g/mol. The highest BCUT2D eigenvalue weighted by atomic mass is 16.5. The number of nitrogens with one attached hydrogen (secondary N) is 1. The van der Waals surface area contributed by atoms with Crippen LogP contribution in [0.4, 0.5) is 11.5 Å². The highest BCUT2D eigenvalue weighted by Gasteiger charge is 2.11. The third-order valence-electron chi connectivity index (χ3n) is 4.92. The third-order valence-corrected chi connectivity index (χ3v) is 4.92. The normalized spacial score (nSPS) is 10.8. The number of carbonyl (C=O) groups is 1. The Bertz CT molecular complexity index is 1380. The second-order valence-corrected chi connectivity index (χ2v) is 7.09. The molecule has 156 valence electrons. The van der Waals surface area contributed by atoms with Crippen molar-refractivity contribution in [3.05, 3.63) is 103 Å². The summed E-state index contributed by atoms with van der Waals surface area (Å²) in [5.41, 5.74) is 3.44. The number of fused-ring (bicyclic) bond motifs is 1. The number of nitrogens with zero attached hydrogens (tertiary/aromatic N) is 3. The molecule has 0 atom stereocenters. The van der Waals surface area contributed by atoms with Gasteiger partial charge in [-0.1, -0.05) is 30.3 Å². The molecule has 32 heavy (non-hydrogen) atoms. The summed E-state index contributed by atoms with van der Waals surface area (Å²) < 4.78 is 7.51. The summed E-state index contributed by atoms with van der Waals surface area (Å²) in [4.78, 5) is 15.8. The summed E-state index contributed by atoms with van der Waals surface area (Å²) in [6, 6.07) is 25.7. The van der Waals surface area contributed by atoms with Crippen molar-refractivity contribution in [1.82, 2.24) is 14.6 Å². The van der Waals surface area contributed by atoms with Crippen LogP contribution in [0, 0.1) is 0 Å². The van der Waals surface area contributed by atoms with Crippen molar-refractivity contribution in [2.24, 2.45) is 0 Å². The third kappa shape index (κ3) is 3.99. The maximum atomic E-state index is 11.1. The molecule has 0 fully saturated rings. The first kappa shape index (κ1) is 19.3. The van der Waals surface area contributed by atoms with Gasteiger partial charge in [0.1, 0.15) is 17.3 Å². The first-order chi connectivity index (χ1) is 15.7. The van der Waals surface area contributed by atoms with Gasteiger partial charge >= 0.3 is 5.97 Å². The number of ether oxygens (including phenoxy) is 1. The van der Waals surface area contributed by atoms with Crippen molar-refractivity contribution >= 4 is 23.1 Å². The molecule has 2 aromatic heterocycles. The topological polar surface area (TPSA) is 88.8 Å². The van der Waals surface area contributed by atoms with E-state index in [2.05, 4.69) is 10.4 Å². The van der Waals surface area contributed by atoms with Gasteiger partial charge in [-0.15, -0.1) is 0 Å². The van der Waals surface area contributed by atoms with Crippen LogP contribution in [0.5, 0.6) is 11.5 Å². The first-order valence-electron chi connectivity index (χ1n) is 9.94. The lowest BCUT2D eigenvalue weighted by Crippen LogP contribution is -1.98. The maximum Gasteiger partial charge on any atom is 0.335 e. The molecule has 7 heteroatoms. The molecule has 2 N–H and O–H groups in total. The van der Waals surface area contributed by atoms with E-state index in [-0.39, 0.29) is 5.56 Å². The number of para-hydroxylation sites is 1. The van der Waals surface area contributed by atoms with Crippen LogP contribution < -0.4 is 10.1 Å². The van der Waals surface area contributed by atoms with E-state index in [0.29, 0.717) is 11.5 Å². The second-order valence-electron chi connectivity index (χ2n) is 7.09. The van der Waals surface area contributed by atoms with E-state index in [1.165, 1.54) is 0 Å². The van der Waals surface area contributed by atoms with Gasteiger partial charge in [-0.25, -0.2) is 14.3 Å². The first-order valence-corrected chi connectivity index (χ1v) is 9.94. The van der Waals surface area contributed by atoms with E-state index >= 15 is 0 Å². The van der Waals surface area contributed by atoms with Crippen LogP contribution in [0.2, 0.25) is 0 Å². The van der Waals surface area contributed by atoms with E-state index in [0.717, 1.165) is 28.3 Å². The number of carboxylic acid groups (broad SMARTS) is 1. The van der Waals surface area contributed by atoms with Crippen LogP contribution in [0.1, 0.15) is 10.4 Å². The average molecular weight is 422 g/mol. The summed E-state index contributed by atoms with van der Waals surface area (Å²) in [5, 5.41) is 16.7. The SMILES string of the molecule is O=C(O)c1ccc(-c2cnn3ccc(Nc4ccc(Oc5ccccc5)cc4)nc23)cc1. The maximum absolute atomic E-state index is 11.1. The molecule has 0 saturated heterocycles. The van der Waals surface area contributed by atoms with Gasteiger partial charge in [-0.2, -0.15) is 5.10 Å². The molecule has 0 bridgehead atoms. The number of carboxylic acids is 1. The van der Waals surface area contributed by atoms with Crippen LogP contribution >= 0.6 is 0 Å². The summed E-state index contributed by atoms with van der Waals surface area (Å²) in [7, 11) is 0. The molecule has 3 aromatic carbocycles. The molecule has 0 unspecified atom stereocenters. The lowest BCUT2D eigenvalue weighted by Gasteiger charge is -2.09. The van der Waals surface area contributed by atoms with Gasteiger partial charge in [-0.05, 0) is 60.2 Å². The second kappa shape index (κ2) is 8.23. The molecule has 5 aromatic rings. The Kier molecular flexibility index (Phi) is 4.97. The Balaban J connectivity index is 1.37. The van der Waals surface area contributed by atoms with Crippen LogP contribution in [-0.4, -0.2) is 25.7 Å². The molecule has 0 aliphatic rings. The minimum atomic E-state index is -0.957. The number of rotatable bonds is 6. The Labute approximate surface area is 183 Å². The summed E-state index contributed by atoms with van der Waals surface area (Å²) in [6.45, 7) is 0. The molecule has 0 aliphatic carbocycles. The van der Waals surface area contributed by atoms with E-state index < -0.39 is 5.97 Å². The molecule has 0 amide bonds. The van der Waals surface area contributed by atoms with Crippen molar-refractivity contribution in [2.75, 3.05) is 5.32 Å². The molecular weight excluding hydrogens is 404 g/mol. The molecule has 0 radical (unpaired) electrons. The zero-order valence-electron chi connectivity index (χ0n) is 16.8.